The molecule has 0 bridgehead atoms. The summed E-state index contributed by atoms with van der Waals surface area (Å²) < 4.78 is 14.3. The van der Waals surface area contributed by atoms with Crippen LogP contribution in [0.1, 0.15) is 17.3 Å². The van der Waals surface area contributed by atoms with E-state index in [1.54, 1.807) is 6.92 Å². The first-order valence-corrected chi connectivity index (χ1v) is 6.66. The van der Waals surface area contributed by atoms with Crippen molar-refractivity contribution in [2.24, 2.45) is 11.8 Å². The second kappa shape index (κ2) is 5.28. The van der Waals surface area contributed by atoms with Gasteiger partial charge in [0.15, 0.2) is 0 Å². The molecule has 19 heavy (non-hydrogen) atoms. The van der Waals surface area contributed by atoms with Gasteiger partial charge in [-0.15, -0.1) is 0 Å². The molecule has 102 valence electrons. The van der Waals surface area contributed by atoms with Gasteiger partial charge in [-0.05, 0) is 24.1 Å². The predicted molar refractivity (Wildman–Crippen MR) is 70.3 cm³/mol. The summed E-state index contributed by atoms with van der Waals surface area (Å²) >= 11 is 3.19. The molecular formula is C13H13BrFNO3. The third-order valence-corrected chi connectivity index (χ3v) is 3.87. The molecule has 0 spiro atoms. The van der Waals surface area contributed by atoms with Crippen molar-refractivity contribution in [3.05, 3.63) is 34.1 Å². The average molecular weight is 330 g/mol. The van der Waals surface area contributed by atoms with E-state index in [2.05, 4.69) is 15.9 Å². The predicted octanol–water partition coefficient (Wildman–Crippen LogP) is 2.38. The molecule has 1 fully saturated rings. The summed E-state index contributed by atoms with van der Waals surface area (Å²) in [5.74, 6) is -2.69. The maximum Gasteiger partial charge on any atom is 0.308 e. The normalized spacial score (nSPS) is 22.6. The fourth-order valence-electron chi connectivity index (χ4n) is 2.29. The summed E-state index contributed by atoms with van der Waals surface area (Å²) in [7, 11) is 0. The lowest BCUT2D eigenvalue weighted by Gasteiger charge is -2.16. The third kappa shape index (κ3) is 2.78. The zero-order valence-corrected chi connectivity index (χ0v) is 11.9. The second-order valence-electron chi connectivity index (χ2n) is 4.76. The summed E-state index contributed by atoms with van der Waals surface area (Å²) in [4.78, 5) is 24.6. The van der Waals surface area contributed by atoms with Crippen molar-refractivity contribution < 1.29 is 19.1 Å². The molecule has 0 aromatic heterocycles. The maximum absolute atomic E-state index is 13.6. The Balaban J connectivity index is 2.22. The highest BCUT2D eigenvalue weighted by Gasteiger charge is 2.37. The van der Waals surface area contributed by atoms with Crippen LogP contribution in [0.2, 0.25) is 0 Å². The molecule has 2 rings (SSSR count). The molecule has 6 heteroatoms. The largest absolute Gasteiger partial charge is 0.481 e. The van der Waals surface area contributed by atoms with Crippen LogP contribution in [0.3, 0.4) is 0 Å². The minimum Gasteiger partial charge on any atom is -0.481 e. The summed E-state index contributed by atoms with van der Waals surface area (Å²) in [6, 6.07) is 4.14. The highest BCUT2D eigenvalue weighted by molar-refractivity contribution is 9.10. The van der Waals surface area contributed by atoms with Gasteiger partial charge in [0.1, 0.15) is 5.82 Å². The van der Waals surface area contributed by atoms with Gasteiger partial charge in [0.2, 0.25) is 0 Å². The van der Waals surface area contributed by atoms with Gasteiger partial charge in [0.25, 0.3) is 5.91 Å². The Morgan fingerprint density at radius 1 is 1.42 bits per heavy atom. The average Bonchev–Trinajstić information content (AvgIpc) is 2.74. The molecule has 1 aliphatic heterocycles. The summed E-state index contributed by atoms with van der Waals surface area (Å²) in [5, 5.41) is 9.03. The molecule has 0 aliphatic carbocycles. The van der Waals surface area contributed by atoms with E-state index in [1.807, 2.05) is 0 Å². The molecule has 2 atom stereocenters. The number of rotatable bonds is 2. The highest BCUT2D eigenvalue weighted by atomic mass is 79.9. The highest BCUT2D eigenvalue weighted by Crippen LogP contribution is 2.26. The molecule has 1 amide bonds. The minimum absolute atomic E-state index is 0.0346. The van der Waals surface area contributed by atoms with E-state index in [0.717, 1.165) is 0 Å². The van der Waals surface area contributed by atoms with Crippen molar-refractivity contribution >= 4 is 27.8 Å². The number of hydrogen-bond acceptors (Lipinski definition) is 2. The van der Waals surface area contributed by atoms with E-state index >= 15 is 0 Å². The van der Waals surface area contributed by atoms with E-state index in [-0.39, 0.29) is 18.0 Å². The second-order valence-corrected chi connectivity index (χ2v) is 5.67. The van der Waals surface area contributed by atoms with Crippen molar-refractivity contribution in [2.45, 2.75) is 6.92 Å². The van der Waals surface area contributed by atoms with Gasteiger partial charge in [-0.1, -0.05) is 22.9 Å². The van der Waals surface area contributed by atoms with Crippen molar-refractivity contribution in [3.8, 4) is 0 Å². The number of nitrogens with zero attached hydrogens (tertiary/aromatic N) is 1. The number of carbonyl (C=O) groups is 2. The summed E-state index contributed by atoms with van der Waals surface area (Å²) in [6.07, 6.45) is 0. The Morgan fingerprint density at radius 3 is 2.68 bits per heavy atom. The van der Waals surface area contributed by atoms with Gasteiger partial charge in [-0.25, -0.2) is 4.39 Å². The first-order valence-electron chi connectivity index (χ1n) is 5.87. The van der Waals surface area contributed by atoms with Crippen LogP contribution in [0, 0.1) is 17.7 Å². The number of likely N-dealkylation sites (tertiary alicyclic amines) is 1. The number of halogens is 2. The van der Waals surface area contributed by atoms with Crippen LogP contribution in [0.5, 0.6) is 0 Å². The van der Waals surface area contributed by atoms with Gasteiger partial charge in [0, 0.05) is 17.6 Å². The van der Waals surface area contributed by atoms with Crippen molar-refractivity contribution in [3.63, 3.8) is 0 Å². The summed E-state index contributed by atoms with van der Waals surface area (Å²) in [6.45, 7) is 2.24. The Bertz CT molecular complexity index is 535. The van der Waals surface area contributed by atoms with Crippen LogP contribution in [0.4, 0.5) is 4.39 Å². The number of carbonyl (C=O) groups excluding carboxylic acids is 1. The molecule has 1 aliphatic rings. The molecule has 0 radical (unpaired) electrons. The van der Waals surface area contributed by atoms with Crippen LogP contribution in [0.15, 0.2) is 22.7 Å². The van der Waals surface area contributed by atoms with Gasteiger partial charge in [-0.3, -0.25) is 9.59 Å². The number of carboxylic acids is 1. The van der Waals surface area contributed by atoms with E-state index in [4.69, 9.17) is 5.11 Å². The van der Waals surface area contributed by atoms with E-state index in [9.17, 15) is 14.0 Å². The van der Waals surface area contributed by atoms with E-state index < -0.39 is 23.6 Å². The van der Waals surface area contributed by atoms with Crippen molar-refractivity contribution in [1.82, 2.24) is 4.90 Å². The van der Waals surface area contributed by atoms with Crippen LogP contribution in [0.25, 0.3) is 0 Å². The molecule has 4 nitrogen and oxygen atoms in total. The van der Waals surface area contributed by atoms with Crippen LogP contribution in [-0.2, 0) is 4.79 Å². The molecule has 1 aromatic carbocycles. The quantitative estimate of drug-likeness (QED) is 0.906. The molecule has 1 N–H and O–H groups in total. The molecular weight excluding hydrogens is 317 g/mol. The van der Waals surface area contributed by atoms with Gasteiger partial charge in [-0.2, -0.15) is 0 Å². The molecule has 0 unspecified atom stereocenters. The zero-order valence-electron chi connectivity index (χ0n) is 10.3. The molecule has 1 saturated heterocycles. The van der Waals surface area contributed by atoms with Crippen LogP contribution in [-0.4, -0.2) is 35.0 Å². The topological polar surface area (TPSA) is 57.6 Å². The Kier molecular flexibility index (Phi) is 3.89. The van der Waals surface area contributed by atoms with Crippen molar-refractivity contribution in [1.29, 1.82) is 0 Å². The number of benzene rings is 1. The SMILES string of the molecule is C[C@@H]1CN(C(=O)c2cc(Br)ccc2F)C[C@H]1C(=O)O. The Labute approximate surface area is 118 Å². The van der Waals surface area contributed by atoms with Gasteiger partial charge >= 0.3 is 5.97 Å². The van der Waals surface area contributed by atoms with Crippen LogP contribution >= 0.6 is 15.9 Å². The number of hydrogen-bond donors (Lipinski definition) is 1. The number of amides is 1. The standard InChI is InChI=1S/C13H13BrFNO3/c1-7-5-16(6-10(7)13(18)19)12(17)9-4-8(14)2-3-11(9)15/h2-4,7,10H,5-6H2,1H3,(H,18,19)/t7-,10-/m1/s1. The van der Waals surface area contributed by atoms with E-state index in [0.29, 0.717) is 11.0 Å². The van der Waals surface area contributed by atoms with Crippen molar-refractivity contribution in [2.75, 3.05) is 13.1 Å². The minimum atomic E-state index is -0.919. The smallest absolute Gasteiger partial charge is 0.308 e. The third-order valence-electron chi connectivity index (χ3n) is 3.38. The fraction of sp³-hybridized carbons (Fsp3) is 0.385. The zero-order chi connectivity index (χ0) is 14.2. The Hall–Kier alpha value is -1.43. The summed E-state index contributed by atoms with van der Waals surface area (Å²) in [5.41, 5.74) is -0.0346. The lowest BCUT2D eigenvalue weighted by atomic mass is 9.99. The lowest BCUT2D eigenvalue weighted by Crippen LogP contribution is -2.30. The maximum atomic E-state index is 13.6. The fourth-order valence-corrected chi connectivity index (χ4v) is 2.65. The monoisotopic (exact) mass is 329 g/mol. The first-order chi connectivity index (χ1) is 8.90. The first kappa shape index (κ1) is 14.0. The van der Waals surface area contributed by atoms with Gasteiger partial charge in [0.05, 0.1) is 11.5 Å². The molecule has 0 saturated carbocycles. The number of aliphatic carboxylic acids is 1. The van der Waals surface area contributed by atoms with Gasteiger partial charge < -0.3 is 10.0 Å². The Morgan fingerprint density at radius 2 is 2.11 bits per heavy atom. The molecule has 1 aromatic rings. The molecule has 1 heterocycles. The number of carboxylic acid groups (broad SMARTS) is 1. The van der Waals surface area contributed by atoms with E-state index in [1.165, 1.54) is 23.1 Å². The lowest BCUT2D eigenvalue weighted by molar-refractivity contribution is -0.142. The van der Waals surface area contributed by atoms with Crippen LogP contribution < -0.4 is 0 Å².